The van der Waals surface area contributed by atoms with Gasteiger partial charge in [-0.05, 0) is 30.4 Å². The first-order valence-corrected chi connectivity index (χ1v) is 6.69. The monoisotopic (exact) mass is 333 g/mol. The van der Waals surface area contributed by atoms with Gasteiger partial charge in [0.1, 0.15) is 5.69 Å². The van der Waals surface area contributed by atoms with Crippen molar-refractivity contribution in [1.82, 2.24) is 5.43 Å². The van der Waals surface area contributed by atoms with E-state index in [-0.39, 0.29) is 16.5 Å². The van der Waals surface area contributed by atoms with Gasteiger partial charge in [-0.2, -0.15) is 0 Å². The minimum absolute atomic E-state index is 0.0535. The van der Waals surface area contributed by atoms with Crippen LogP contribution in [-0.4, -0.2) is 15.0 Å². The molecular formula is C13H11N5O4S. The highest BCUT2D eigenvalue weighted by molar-refractivity contribution is 7.80. The molecule has 0 bridgehead atoms. The Morgan fingerprint density at radius 3 is 2.30 bits per heavy atom. The molecular weight excluding hydrogens is 322 g/mol. The molecule has 0 aliphatic rings. The summed E-state index contributed by atoms with van der Waals surface area (Å²) >= 11 is 5.05. The van der Waals surface area contributed by atoms with E-state index in [4.69, 9.17) is 12.2 Å². The minimum Gasteiger partial charge on any atom is -0.331 e. The predicted molar refractivity (Wildman–Crippen MR) is 89.2 cm³/mol. The fourth-order valence-corrected chi connectivity index (χ4v) is 1.87. The lowest BCUT2D eigenvalue weighted by atomic mass is 10.2. The van der Waals surface area contributed by atoms with E-state index >= 15 is 0 Å². The molecule has 0 aromatic heterocycles. The Morgan fingerprint density at radius 1 is 1.00 bits per heavy atom. The van der Waals surface area contributed by atoms with Crippen LogP contribution in [0.1, 0.15) is 0 Å². The molecule has 0 saturated carbocycles. The third-order valence-corrected chi connectivity index (χ3v) is 2.94. The summed E-state index contributed by atoms with van der Waals surface area (Å²) < 4.78 is 0. The lowest BCUT2D eigenvalue weighted by Gasteiger charge is -2.12. The van der Waals surface area contributed by atoms with Crippen LogP contribution in [0.2, 0.25) is 0 Å². The van der Waals surface area contributed by atoms with Crippen molar-refractivity contribution in [2.24, 2.45) is 0 Å². The molecule has 3 N–H and O–H groups in total. The Balaban J connectivity index is 2.06. The smallest absolute Gasteiger partial charge is 0.300 e. The lowest BCUT2D eigenvalue weighted by molar-refractivity contribution is -0.393. The van der Waals surface area contributed by atoms with Crippen LogP contribution in [0.4, 0.5) is 22.7 Å². The summed E-state index contributed by atoms with van der Waals surface area (Å²) in [5.41, 5.74) is 5.14. The topological polar surface area (TPSA) is 122 Å². The van der Waals surface area contributed by atoms with Crippen LogP contribution in [0.3, 0.4) is 0 Å². The van der Waals surface area contributed by atoms with Crippen molar-refractivity contribution < 1.29 is 9.85 Å². The van der Waals surface area contributed by atoms with Crippen LogP contribution >= 0.6 is 12.2 Å². The van der Waals surface area contributed by atoms with Gasteiger partial charge in [0.2, 0.25) is 0 Å². The Bertz CT molecular complexity index is 753. The van der Waals surface area contributed by atoms with Crippen molar-refractivity contribution in [1.29, 1.82) is 0 Å². The Morgan fingerprint density at radius 2 is 1.70 bits per heavy atom. The second kappa shape index (κ2) is 7.13. The highest BCUT2D eigenvalue weighted by Crippen LogP contribution is 2.28. The summed E-state index contributed by atoms with van der Waals surface area (Å²) in [6.45, 7) is 0. The maximum absolute atomic E-state index is 11.0. The third kappa shape index (κ3) is 4.35. The van der Waals surface area contributed by atoms with Crippen LogP contribution in [0.25, 0.3) is 0 Å². The van der Waals surface area contributed by atoms with Gasteiger partial charge in [-0.15, -0.1) is 0 Å². The zero-order valence-electron chi connectivity index (χ0n) is 11.6. The van der Waals surface area contributed by atoms with Crippen molar-refractivity contribution in [3.8, 4) is 0 Å². The quantitative estimate of drug-likeness (QED) is 0.434. The molecule has 0 aliphatic heterocycles. The van der Waals surface area contributed by atoms with Crippen LogP contribution in [0, 0.1) is 20.2 Å². The maximum atomic E-state index is 11.0. The number of hydrazine groups is 1. The summed E-state index contributed by atoms with van der Waals surface area (Å²) in [5, 5.41) is 24.7. The average molecular weight is 333 g/mol. The number of non-ortho nitro benzene ring substituents is 1. The number of rotatable bonds is 5. The van der Waals surface area contributed by atoms with Crippen molar-refractivity contribution >= 4 is 40.1 Å². The number of thiocarbonyl (C=S) groups is 1. The second-order valence-corrected chi connectivity index (χ2v) is 4.69. The molecule has 0 atom stereocenters. The van der Waals surface area contributed by atoms with Crippen molar-refractivity contribution in [3.05, 3.63) is 68.8 Å². The average Bonchev–Trinajstić information content (AvgIpc) is 2.53. The molecule has 0 radical (unpaired) electrons. The van der Waals surface area contributed by atoms with Crippen LogP contribution in [0.5, 0.6) is 0 Å². The van der Waals surface area contributed by atoms with E-state index in [0.717, 1.165) is 17.8 Å². The number of para-hydroxylation sites is 1. The summed E-state index contributed by atoms with van der Waals surface area (Å²) in [7, 11) is 0. The van der Waals surface area contributed by atoms with Gasteiger partial charge in [0.25, 0.3) is 5.69 Å². The Labute approximate surface area is 135 Å². The van der Waals surface area contributed by atoms with Gasteiger partial charge >= 0.3 is 5.69 Å². The molecule has 0 saturated heterocycles. The first-order valence-electron chi connectivity index (χ1n) is 6.28. The molecule has 9 nitrogen and oxygen atoms in total. The van der Waals surface area contributed by atoms with Gasteiger partial charge in [0, 0.05) is 11.8 Å². The van der Waals surface area contributed by atoms with Crippen LogP contribution in [0.15, 0.2) is 48.5 Å². The second-order valence-electron chi connectivity index (χ2n) is 4.29. The van der Waals surface area contributed by atoms with Crippen LogP contribution < -0.4 is 16.2 Å². The molecule has 0 fully saturated rings. The van der Waals surface area contributed by atoms with Gasteiger partial charge < -0.3 is 5.32 Å². The van der Waals surface area contributed by atoms with E-state index in [9.17, 15) is 20.2 Å². The summed E-state index contributed by atoms with van der Waals surface area (Å²) in [6.07, 6.45) is 0. The number of anilines is 2. The lowest BCUT2D eigenvalue weighted by Crippen LogP contribution is -2.33. The third-order valence-electron chi connectivity index (χ3n) is 2.73. The molecule has 118 valence electrons. The number of hydrogen-bond donors (Lipinski definition) is 3. The highest BCUT2D eigenvalue weighted by atomic mass is 32.1. The zero-order chi connectivity index (χ0) is 16.8. The van der Waals surface area contributed by atoms with E-state index in [1.165, 1.54) is 6.07 Å². The summed E-state index contributed by atoms with van der Waals surface area (Å²) in [6, 6.07) is 12.3. The van der Waals surface area contributed by atoms with Gasteiger partial charge in [-0.25, -0.2) is 0 Å². The fourth-order valence-electron chi connectivity index (χ4n) is 1.70. The van der Waals surface area contributed by atoms with E-state index in [1.54, 1.807) is 12.1 Å². The Kier molecular flexibility index (Phi) is 5.00. The molecule has 0 unspecified atom stereocenters. The van der Waals surface area contributed by atoms with Gasteiger partial charge in [0.05, 0.1) is 15.9 Å². The SMILES string of the molecule is O=[N+]([O-])c1ccc(NNC(=S)Nc2ccccc2)c([N+](=O)[O-])c1. The molecule has 2 rings (SSSR count). The fraction of sp³-hybridized carbons (Fsp3) is 0. The Hall–Kier alpha value is -3.27. The largest absolute Gasteiger partial charge is 0.331 e. The first-order chi connectivity index (χ1) is 11.0. The van der Waals surface area contributed by atoms with Gasteiger partial charge in [-0.1, -0.05) is 18.2 Å². The zero-order valence-corrected chi connectivity index (χ0v) is 12.4. The molecule has 0 heterocycles. The number of benzene rings is 2. The number of nitrogens with zero attached hydrogens (tertiary/aromatic N) is 2. The van der Waals surface area contributed by atoms with Gasteiger partial charge in [-0.3, -0.25) is 31.1 Å². The molecule has 10 heteroatoms. The van der Waals surface area contributed by atoms with Crippen molar-refractivity contribution in [2.45, 2.75) is 0 Å². The molecule has 0 amide bonds. The minimum atomic E-state index is -0.718. The number of nitro groups is 2. The molecule has 0 aliphatic carbocycles. The predicted octanol–water partition coefficient (Wildman–Crippen LogP) is 2.82. The van der Waals surface area contributed by atoms with Crippen molar-refractivity contribution in [3.63, 3.8) is 0 Å². The summed E-state index contributed by atoms with van der Waals surface area (Å²) in [5.74, 6) is 0. The van der Waals surface area contributed by atoms with Gasteiger partial charge in [0.15, 0.2) is 5.11 Å². The van der Waals surface area contributed by atoms with E-state index in [2.05, 4.69) is 16.2 Å². The van der Waals surface area contributed by atoms with E-state index < -0.39 is 15.5 Å². The van der Waals surface area contributed by atoms with Crippen molar-refractivity contribution in [2.75, 3.05) is 10.7 Å². The molecule has 0 spiro atoms. The van der Waals surface area contributed by atoms with E-state index in [1.807, 2.05) is 18.2 Å². The molecule has 2 aromatic rings. The summed E-state index contributed by atoms with van der Waals surface area (Å²) in [4.78, 5) is 20.3. The first kappa shape index (κ1) is 16.1. The maximum Gasteiger partial charge on any atom is 0.300 e. The normalized spacial score (nSPS) is 9.74. The standard InChI is InChI=1S/C13H11N5O4S/c19-17(20)10-6-7-11(12(8-10)18(21)22)15-16-13(23)14-9-4-2-1-3-5-9/h1-8,15H,(H2,14,16,23). The molecule has 23 heavy (non-hydrogen) atoms. The van der Waals surface area contributed by atoms with E-state index in [0.29, 0.717) is 0 Å². The number of nitro benzene ring substituents is 2. The number of nitrogens with one attached hydrogen (secondary N) is 3. The number of hydrogen-bond acceptors (Lipinski definition) is 6. The highest BCUT2D eigenvalue weighted by Gasteiger charge is 2.19. The van der Waals surface area contributed by atoms with Crippen LogP contribution in [-0.2, 0) is 0 Å². The molecule has 2 aromatic carbocycles.